The summed E-state index contributed by atoms with van der Waals surface area (Å²) in [6.07, 6.45) is 1.54. The molecule has 1 aromatic heterocycles. The third kappa shape index (κ3) is 1.73. The molecule has 0 aliphatic carbocycles. The lowest BCUT2D eigenvalue weighted by Crippen LogP contribution is -2.03. The second-order valence-corrected chi connectivity index (χ2v) is 1.53. The zero-order valence-corrected chi connectivity index (χ0v) is 4.87. The van der Waals surface area contributed by atoms with Gasteiger partial charge in [0.05, 0.1) is 12.8 Å². The molecule has 50 valence electrons. The molecule has 0 atom stereocenters. The first-order chi connectivity index (χ1) is 4.43. The van der Waals surface area contributed by atoms with Gasteiger partial charge in [0, 0.05) is 12.6 Å². The lowest BCUT2D eigenvalue weighted by Gasteiger charge is -1.94. The number of aliphatic hydroxyl groups is 1. The molecule has 0 bridgehead atoms. The summed E-state index contributed by atoms with van der Waals surface area (Å²) < 4.78 is 4.66. The van der Waals surface area contributed by atoms with Crippen molar-refractivity contribution in [3.8, 4) is 0 Å². The van der Waals surface area contributed by atoms with Crippen molar-refractivity contribution in [3.05, 3.63) is 12.3 Å². The quantitative estimate of drug-likeness (QED) is 0.605. The van der Waals surface area contributed by atoms with Gasteiger partial charge in [-0.3, -0.25) is 0 Å². The van der Waals surface area contributed by atoms with Gasteiger partial charge in [0.25, 0.3) is 0 Å². The fourth-order valence-corrected chi connectivity index (χ4v) is 0.486. The molecule has 0 aromatic carbocycles. The standard InChI is InChI=1S/C5H8N2O2/c8-4-3-6-5-1-2-7-9-5/h1-2,6,8H,3-4H2. The lowest BCUT2D eigenvalue weighted by atomic mass is 10.6. The predicted octanol–water partition coefficient (Wildman–Crippen LogP) is 0.0788. The average molecular weight is 128 g/mol. The second kappa shape index (κ2) is 3.09. The molecule has 1 rings (SSSR count). The van der Waals surface area contributed by atoms with E-state index in [4.69, 9.17) is 5.11 Å². The molecule has 0 amide bonds. The minimum absolute atomic E-state index is 0.0979. The van der Waals surface area contributed by atoms with Crippen molar-refractivity contribution >= 4 is 5.88 Å². The summed E-state index contributed by atoms with van der Waals surface area (Å²) in [5.74, 6) is 0.587. The number of aromatic nitrogens is 1. The van der Waals surface area contributed by atoms with Crippen LogP contribution >= 0.6 is 0 Å². The summed E-state index contributed by atoms with van der Waals surface area (Å²) in [5, 5.41) is 14.6. The molecule has 4 nitrogen and oxygen atoms in total. The Hall–Kier alpha value is -1.03. The number of rotatable bonds is 3. The van der Waals surface area contributed by atoms with E-state index in [1.807, 2.05) is 0 Å². The lowest BCUT2D eigenvalue weighted by molar-refractivity contribution is 0.309. The number of hydrogen-bond donors (Lipinski definition) is 2. The van der Waals surface area contributed by atoms with Crippen LogP contribution in [0.4, 0.5) is 5.88 Å². The fourth-order valence-electron chi connectivity index (χ4n) is 0.486. The van der Waals surface area contributed by atoms with Crippen molar-refractivity contribution in [3.63, 3.8) is 0 Å². The van der Waals surface area contributed by atoms with Crippen LogP contribution in [0.25, 0.3) is 0 Å². The van der Waals surface area contributed by atoms with Gasteiger partial charge in [-0.05, 0) is 0 Å². The molecular weight excluding hydrogens is 120 g/mol. The molecule has 0 fully saturated rings. The number of aliphatic hydroxyl groups excluding tert-OH is 1. The Labute approximate surface area is 52.5 Å². The molecule has 0 saturated heterocycles. The Balaban J connectivity index is 2.30. The Kier molecular flexibility index (Phi) is 2.09. The van der Waals surface area contributed by atoms with E-state index < -0.39 is 0 Å². The van der Waals surface area contributed by atoms with Gasteiger partial charge < -0.3 is 14.9 Å². The smallest absolute Gasteiger partial charge is 0.224 e. The van der Waals surface area contributed by atoms with Gasteiger partial charge in [-0.2, -0.15) is 0 Å². The van der Waals surface area contributed by atoms with Crippen molar-refractivity contribution in [2.75, 3.05) is 18.5 Å². The maximum atomic E-state index is 8.34. The van der Waals surface area contributed by atoms with Gasteiger partial charge in [0.1, 0.15) is 0 Å². The molecule has 0 radical (unpaired) electrons. The van der Waals surface area contributed by atoms with Crippen LogP contribution in [0.3, 0.4) is 0 Å². The molecule has 0 saturated carbocycles. The van der Waals surface area contributed by atoms with Crippen molar-refractivity contribution in [2.24, 2.45) is 0 Å². The first kappa shape index (κ1) is 6.10. The molecule has 0 aliphatic heterocycles. The topological polar surface area (TPSA) is 58.3 Å². The van der Waals surface area contributed by atoms with Crippen LogP contribution in [-0.2, 0) is 0 Å². The van der Waals surface area contributed by atoms with Crippen molar-refractivity contribution in [2.45, 2.75) is 0 Å². The summed E-state index contributed by atoms with van der Waals surface area (Å²) in [4.78, 5) is 0. The normalized spacial score (nSPS) is 9.44. The number of hydrogen-bond acceptors (Lipinski definition) is 4. The van der Waals surface area contributed by atoms with Crippen molar-refractivity contribution < 1.29 is 9.63 Å². The van der Waals surface area contributed by atoms with Crippen LogP contribution in [0.1, 0.15) is 0 Å². The minimum Gasteiger partial charge on any atom is -0.395 e. The summed E-state index contributed by atoms with van der Waals surface area (Å²) in [5.41, 5.74) is 0. The van der Waals surface area contributed by atoms with Crippen molar-refractivity contribution in [1.29, 1.82) is 0 Å². The van der Waals surface area contributed by atoms with Crippen LogP contribution in [0, 0.1) is 0 Å². The maximum absolute atomic E-state index is 8.34. The molecule has 0 aliphatic rings. The second-order valence-electron chi connectivity index (χ2n) is 1.53. The predicted molar refractivity (Wildman–Crippen MR) is 32.1 cm³/mol. The summed E-state index contributed by atoms with van der Waals surface area (Å²) in [6.45, 7) is 0.593. The monoisotopic (exact) mass is 128 g/mol. The van der Waals surface area contributed by atoms with E-state index in [-0.39, 0.29) is 6.61 Å². The average Bonchev–Trinajstić information content (AvgIpc) is 2.34. The highest BCUT2D eigenvalue weighted by Crippen LogP contribution is 2.01. The zero-order valence-electron chi connectivity index (χ0n) is 4.87. The third-order valence-corrected chi connectivity index (χ3v) is 0.849. The molecular formula is C5H8N2O2. The van der Waals surface area contributed by atoms with E-state index in [0.717, 1.165) is 0 Å². The van der Waals surface area contributed by atoms with Crippen LogP contribution in [0.5, 0.6) is 0 Å². The highest BCUT2D eigenvalue weighted by Gasteiger charge is 1.90. The van der Waals surface area contributed by atoms with Crippen LogP contribution < -0.4 is 5.32 Å². The molecule has 0 spiro atoms. The number of nitrogens with zero attached hydrogens (tertiary/aromatic N) is 1. The van der Waals surface area contributed by atoms with Crippen LogP contribution in [0.15, 0.2) is 16.8 Å². The summed E-state index contributed by atoms with van der Waals surface area (Å²) in [6, 6.07) is 1.69. The highest BCUT2D eigenvalue weighted by molar-refractivity contribution is 5.26. The largest absolute Gasteiger partial charge is 0.395 e. The van der Waals surface area contributed by atoms with Gasteiger partial charge in [-0.1, -0.05) is 5.16 Å². The first-order valence-corrected chi connectivity index (χ1v) is 2.69. The fraction of sp³-hybridized carbons (Fsp3) is 0.400. The minimum atomic E-state index is 0.0979. The van der Waals surface area contributed by atoms with Crippen LogP contribution in [0.2, 0.25) is 0 Å². The molecule has 9 heavy (non-hydrogen) atoms. The Morgan fingerprint density at radius 2 is 2.67 bits per heavy atom. The van der Waals surface area contributed by atoms with Gasteiger partial charge in [0.2, 0.25) is 5.88 Å². The SMILES string of the molecule is OCCNc1ccno1. The Morgan fingerprint density at radius 1 is 1.78 bits per heavy atom. The van der Waals surface area contributed by atoms with E-state index in [0.29, 0.717) is 12.4 Å². The molecule has 4 heteroatoms. The molecule has 1 aromatic rings. The van der Waals surface area contributed by atoms with Gasteiger partial charge in [-0.25, -0.2) is 0 Å². The van der Waals surface area contributed by atoms with Crippen LogP contribution in [-0.4, -0.2) is 23.4 Å². The summed E-state index contributed by atoms with van der Waals surface area (Å²) >= 11 is 0. The summed E-state index contributed by atoms with van der Waals surface area (Å²) in [7, 11) is 0. The first-order valence-electron chi connectivity index (χ1n) is 2.69. The van der Waals surface area contributed by atoms with E-state index in [9.17, 15) is 0 Å². The van der Waals surface area contributed by atoms with E-state index >= 15 is 0 Å². The van der Waals surface area contributed by atoms with E-state index in [1.54, 1.807) is 12.3 Å². The maximum Gasteiger partial charge on any atom is 0.224 e. The molecule has 0 unspecified atom stereocenters. The molecule has 2 N–H and O–H groups in total. The Bertz CT molecular complexity index is 150. The van der Waals surface area contributed by atoms with Gasteiger partial charge in [-0.15, -0.1) is 0 Å². The number of nitrogens with one attached hydrogen (secondary N) is 1. The third-order valence-electron chi connectivity index (χ3n) is 0.849. The van der Waals surface area contributed by atoms with Gasteiger partial charge >= 0.3 is 0 Å². The van der Waals surface area contributed by atoms with Gasteiger partial charge in [0.15, 0.2) is 0 Å². The van der Waals surface area contributed by atoms with Crippen molar-refractivity contribution in [1.82, 2.24) is 5.16 Å². The zero-order chi connectivity index (χ0) is 6.53. The molecule has 1 heterocycles. The van der Waals surface area contributed by atoms with E-state index in [2.05, 4.69) is 15.0 Å². The van der Waals surface area contributed by atoms with E-state index in [1.165, 1.54) is 0 Å². The Morgan fingerprint density at radius 3 is 3.22 bits per heavy atom. The number of anilines is 1. The highest BCUT2D eigenvalue weighted by atomic mass is 16.5.